The minimum atomic E-state index is -0.640. The van der Waals surface area contributed by atoms with Crippen molar-refractivity contribution in [3.8, 4) is 5.75 Å². The summed E-state index contributed by atoms with van der Waals surface area (Å²) in [6.45, 7) is 10.3. The number of nitrogens with one attached hydrogen (secondary N) is 2. The third-order valence-corrected chi connectivity index (χ3v) is 10.6. The van der Waals surface area contributed by atoms with E-state index in [1.165, 1.54) is 68.4 Å². The highest BCUT2D eigenvalue weighted by atomic mass is 19.1. The van der Waals surface area contributed by atoms with Crippen molar-refractivity contribution in [2.24, 2.45) is 0 Å². The summed E-state index contributed by atoms with van der Waals surface area (Å²) in [4.78, 5) is 34.9. The lowest BCUT2D eigenvalue weighted by molar-refractivity contribution is -0.111. The molecule has 7 rings (SSSR count). The molecule has 11 nitrogen and oxygen atoms in total. The van der Waals surface area contributed by atoms with Crippen LogP contribution in [0.3, 0.4) is 0 Å². The quantitative estimate of drug-likeness (QED) is 0.245. The van der Waals surface area contributed by atoms with Crippen LogP contribution in [0, 0.1) is 11.6 Å². The highest BCUT2D eigenvalue weighted by Crippen LogP contribution is 2.41. The number of piperidine rings is 1. The molecule has 3 aliphatic heterocycles. The van der Waals surface area contributed by atoms with E-state index in [9.17, 15) is 13.6 Å². The predicted octanol–water partition coefficient (Wildman–Crippen LogP) is 6.04. The van der Waals surface area contributed by atoms with Crippen LogP contribution in [0.4, 0.5) is 37.5 Å². The van der Waals surface area contributed by atoms with Crippen molar-refractivity contribution in [2.75, 3.05) is 73.6 Å². The van der Waals surface area contributed by atoms with Crippen LogP contribution in [0.25, 0.3) is 0 Å². The van der Waals surface area contributed by atoms with E-state index in [0.29, 0.717) is 53.4 Å². The number of rotatable bonds is 10. The number of hydrogen-bond donors (Lipinski definition) is 2. The first-order chi connectivity index (χ1) is 24.4. The molecule has 50 heavy (non-hydrogen) atoms. The van der Waals surface area contributed by atoms with Gasteiger partial charge in [0, 0.05) is 81.5 Å². The van der Waals surface area contributed by atoms with Crippen molar-refractivity contribution in [3.05, 3.63) is 72.6 Å². The van der Waals surface area contributed by atoms with Gasteiger partial charge < -0.3 is 20.3 Å². The molecule has 1 aromatic heterocycles. The van der Waals surface area contributed by atoms with Gasteiger partial charge in [-0.15, -0.1) is 0 Å². The van der Waals surface area contributed by atoms with Crippen molar-refractivity contribution in [1.29, 1.82) is 0 Å². The van der Waals surface area contributed by atoms with Gasteiger partial charge in [-0.05, 0) is 43.9 Å². The maximum Gasteiger partial charge on any atom is 0.247 e. The van der Waals surface area contributed by atoms with Gasteiger partial charge >= 0.3 is 0 Å². The fourth-order valence-corrected chi connectivity index (χ4v) is 8.01. The average molecular weight is 689 g/mol. The van der Waals surface area contributed by atoms with E-state index < -0.39 is 17.7 Å². The molecule has 0 radical (unpaired) electrons. The molecular weight excluding hydrogens is 642 g/mol. The number of carbonyl (C=O) groups is 1. The summed E-state index contributed by atoms with van der Waals surface area (Å²) in [6.07, 6.45) is 10.7. The van der Waals surface area contributed by atoms with Gasteiger partial charge in [0.1, 0.15) is 29.5 Å². The topological polar surface area (TPSA) is 98.3 Å². The number of anilines is 5. The lowest BCUT2D eigenvalue weighted by Crippen LogP contribution is -2.54. The Morgan fingerprint density at radius 3 is 2.32 bits per heavy atom. The Labute approximate surface area is 292 Å². The SMILES string of the molecule is C=CC(=O)Nc1cc(Nc2cc(N3OCC[C@@H]3c3ccc(F)cc3F)ncn2)c(OC)cc1N1CCC(N2CCN(C3CCCC3)CC2)CC1. The predicted molar refractivity (Wildman–Crippen MR) is 190 cm³/mol. The second-order valence-electron chi connectivity index (χ2n) is 13.5. The number of carbonyl (C=O) groups excluding carboxylic acids is 1. The van der Waals surface area contributed by atoms with Crippen LogP contribution in [0.5, 0.6) is 5.75 Å². The maximum absolute atomic E-state index is 14.7. The molecule has 0 unspecified atom stereocenters. The van der Waals surface area contributed by atoms with Gasteiger partial charge in [0.25, 0.3) is 0 Å². The molecule has 1 aliphatic carbocycles. The van der Waals surface area contributed by atoms with Gasteiger partial charge in [-0.3, -0.25) is 19.4 Å². The minimum absolute atomic E-state index is 0.313. The van der Waals surface area contributed by atoms with Gasteiger partial charge in [-0.2, -0.15) is 0 Å². The maximum atomic E-state index is 14.7. The molecule has 1 atom stereocenters. The first-order valence-electron chi connectivity index (χ1n) is 17.7. The normalized spacial score (nSPS) is 21.1. The van der Waals surface area contributed by atoms with Crippen LogP contribution >= 0.6 is 0 Å². The molecule has 1 amide bonds. The number of hydrogen-bond acceptors (Lipinski definition) is 10. The summed E-state index contributed by atoms with van der Waals surface area (Å²) >= 11 is 0. The van der Waals surface area contributed by atoms with Gasteiger partial charge in [-0.1, -0.05) is 25.5 Å². The molecule has 4 heterocycles. The summed E-state index contributed by atoms with van der Waals surface area (Å²) in [5.41, 5.74) is 2.41. The second kappa shape index (κ2) is 15.3. The van der Waals surface area contributed by atoms with E-state index in [0.717, 1.165) is 56.8 Å². The zero-order valence-corrected chi connectivity index (χ0v) is 28.6. The van der Waals surface area contributed by atoms with Crippen molar-refractivity contribution < 1.29 is 23.1 Å². The molecule has 266 valence electrons. The number of benzene rings is 2. The Morgan fingerprint density at radius 1 is 0.920 bits per heavy atom. The Balaban J connectivity index is 1.06. The van der Waals surface area contributed by atoms with Crippen molar-refractivity contribution in [3.63, 3.8) is 0 Å². The lowest BCUT2D eigenvalue weighted by atomic mass is 10.0. The average Bonchev–Trinajstić information content (AvgIpc) is 3.86. The van der Waals surface area contributed by atoms with E-state index in [-0.39, 0.29) is 5.91 Å². The highest BCUT2D eigenvalue weighted by Gasteiger charge is 2.33. The zero-order chi connectivity index (χ0) is 34.6. The van der Waals surface area contributed by atoms with Crippen LogP contribution in [0.1, 0.15) is 56.6 Å². The monoisotopic (exact) mass is 688 g/mol. The Bertz CT molecular complexity index is 1670. The summed E-state index contributed by atoms with van der Waals surface area (Å²) in [7, 11) is 1.61. The number of ether oxygens (including phenoxy) is 1. The van der Waals surface area contributed by atoms with Crippen LogP contribution in [-0.4, -0.2) is 90.7 Å². The van der Waals surface area contributed by atoms with Crippen LogP contribution in [0.2, 0.25) is 0 Å². The standard InChI is InChI=1S/C37H46F2N8O3/c1-3-37(48)43-30-21-31(42-35-23-36(41-24-40-35)47-32(12-19-50-47)28-9-8-25(38)20-29(28)39)34(49-2)22-33(30)46-13-10-27(11-14-46)45-17-15-44(16-18-45)26-6-4-5-7-26/h3,8-9,20-24,26-27,32H,1,4-7,10-19H2,2H3,(H,43,48)(H,40,41,42)/t32-/m1/s1. The van der Waals surface area contributed by atoms with E-state index in [1.807, 2.05) is 12.1 Å². The van der Waals surface area contributed by atoms with Gasteiger partial charge in [0.15, 0.2) is 5.82 Å². The van der Waals surface area contributed by atoms with E-state index in [4.69, 9.17) is 9.57 Å². The van der Waals surface area contributed by atoms with E-state index in [2.05, 4.69) is 41.9 Å². The fourth-order valence-electron chi connectivity index (χ4n) is 8.01. The number of methoxy groups -OCH3 is 1. The molecular formula is C37H46F2N8O3. The number of piperazine rings is 1. The first kappa shape index (κ1) is 34.1. The minimum Gasteiger partial charge on any atom is -0.494 e. The van der Waals surface area contributed by atoms with Crippen LogP contribution in [-0.2, 0) is 9.63 Å². The molecule has 2 N–H and O–H groups in total. The molecule has 13 heteroatoms. The smallest absolute Gasteiger partial charge is 0.247 e. The number of halogens is 2. The number of aromatic nitrogens is 2. The zero-order valence-electron chi connectivity index (χ0n) is 28.6. The fraction of sp³-hybridized carbons (Fsp3) is 0.486. The van der Waals surface area contributed by atoms with Crippen LogP contribution < -0.4 is 25.3 Å². The van der Waals surface area contributed by atoms with E-state index >= 15 is 0 Å². The number of hydroxylamine groups is 1. The molecule has 0 spiro atoms. The summed E-state index contributed by atoms with van der Waals surface area (Å²) in [5, 5.41) is 7.83. The Kier molecular flexibility index (Phi) is 10.4. The van der Waals surface area contributed by atoms with Gasteiger partial charge in [0.2, 0.25) is 5.91 Å². The molecule has 4 aliphatic rings. The first-order valence-corrected chi connectivity index (χ1v) is 17.7. The highest BCUT2D eigenvalue weighted by molar-refractivity contribution is 6.02. The second-order valence-corrected chi connectivity index (χ2v) is 13.5. The number of amides is 1. The van der Waals surface area contributed by atoms with Gasteiger partial charge in [-0.25, -0.2) is 23.8 Å². The van der Waals surface area contributed by atoms with Crippen molar-refractivity contribution >= 4 is 34.6 Å². The molecule has 3 saturated heterocycles. The summed E-state index contributed by atoms with van der Waals surface area (Å²) in [6, 6.07) is 9.87. The third-order valence-electron chi connectivity index (χ3n) is 10.6. The molecule has 3 aromatic rings. The molecule has 1 saturated carbocycles. The lowest BCUT2D eigenvalue weighted by Gasteiger charge is -2.44. The third kappa shape index (κ3) is 7.40. The Morgan fingerprint density at radius 2 is 1.64 bits per heavy atom. The van der Waals surface area contributed by atoms with Crippen molar-refractivity contribution in [2.45, 2.75) is 63.1 Å². The number of nitrogens with zero attached hydrogens (tertiary/aromatic N) is 6. The largest absolute Gasteiger partial charge is 0.494 e. The summed E-state index contributed by atoms with van der Waals surface area (Å²) in [5.74, 6) is -0.172. The van der Waals surface area contributed by atoms with Gasteiger partial charge in [0.05, 0.1) is 36.8 Å². The summed E-state index contributed by atoms with van der Waals surface area (Å²) < 4.78 is 34.2. The molecule has 0 bridgehead atoms. The van der Waals surface area contributed by atoms with Crippen LogP contribution in [0.15, 0.2) is 55.4 Å². The van der Waals surface area contributed by atoms with Crippen molar-refractivity contribution in [1.82, 2.24) is 19.8 Å². The Hall–Kier alpha value is -4.33. The molecule has 2 aromatic carbocycles. The molecule has 4 fully saturated rings. The van der Waals surface area contributed by atoms with E-state index in [1.54, 1.807) is 13.2 Å².